The summed E-state index contributed by atoms with van der Waals surface area (Å²) < 4.78 is 5.82. The summed E-state index contributed by atoms with van der Waals surface area (Å²) >= 11 is 1.67. The van der Waals surface area contributed by atoms with Crippen LogP contribution in [-0.2, 0) is 11.3 Å². The lowest BCUT2D eigenvalue weighted by Crippen LogP contribution is -2.14. The minimum atomic E-state index is 0.438. The lowest BCUT2D eigenvalue weighted by atomic mass is 9.87. The van der Waals surface area contributed by atoms with E-state index in [0.717, 1.165) is 5.01 Å². The molecule has 4 heteroatoms. The Morgan fingerprint density at radius 3 is 3.07 bits per heavy atom. The number of hydrogen-bond acceptors (Lipinski definition) is 4. The highest BCUT2D eigenvalue weighted by Crippen LogP contribution is 2.44. The molecule has 3 rings (SSSR count). The average molecular weight is 210 g/mol. The molecule has 0 amide bonds. The van der Waals surface area contributed by atoms with E-state index in [9.17, 15) is 0 Å². The monoisotopic (exact) mass is 210 g/mol. The lowest BCUT2D eigenvalue weighted by molar-refractivity contribution is 0.100. The van der Waals surface area contributed by atoms with Crippen LogP contribution in [-0.4, -0.2) is 17.2 Å². The molecule has 3 atom stereocenters. The minimum Gasteiger partial charge on any atom is -0.374 e. The van der Waals surface area contributed by atoms with Crippen LogP contribution in [0.25, 0.3) is 0 Å². The van der Waals surface area contributed by atoms with Gasteiger partial charge in [-0.2, -0.15) is 0 Å². The van der Waals surface area contributed by atoms with Crippen LogP contribution in [0.2, 0.25) is 0 Å². The Hall–Kier alpha value is -0.450. The van der Waals surface area contributed by atoms with Gasteiger partial charge in [-0.1, -0.05) is 0 Å². The number of nitrogens with zero attached hydrogens (tertiary/aromatic N) is 1. The Kier molecular flexibility index (Phi) is 2.08. The maximum atomic E-state index is 5.82. The first-order valence-corrected chi connectivity index (χ1v) is 6.04. The van der Waals surface area contributed by atoms with Gasteiger partial charge in [0.1, 0.15) is 5.01 Å². The molecule has 2 saturated heterocycles. The molecule has 1 aromatic rings. The smallest absolute Gasteiger partial charge is 0.106 e. The van der Waals surface area contributed by atoms with Crippen LogP contribution in [0.1, 0.15) is 35.9 Å². The molecule has 76 valence electrons. The highest BCUT2D eigenvalue weighted by atomic mass is 32.1. The van der Waals surface area contributed by atoms with Gasteiger partial charge in [-0.15, -0.1) is 11.3 Å². The third-order valence-electron chi connectivity index (χ3n) is 3.23. The van der Waals surface area contributed by atoms with Crippen molar-refractivity contribution < 1.29 is 4.74 Å². The Bertz CT molecular complexity index is 339. The van der Waals surface area contributed by atoms with E-state index in [0.29, 0.717) is 24.7 Å². The highest BCUT2D eigenvalue weighted by Gasteiger charge is 2.42. The molecule has 0 spiro atoms. The number of rotatable bonds is 2. The molecule has 14 heavy (non-hydrogen) atoms. The number of hydrogen-bond donors (Lipinski definition) is 1. The van der Waals surface area contributed by atoms with Crippen molar-refractivity contribution >= 4 is 11.3 Å². The normalized spacial score (nSPS) is 35.4. The summed E-state index contributed by atoms with van der Waals surface area (Å²) in [5, 5.41) is 3.19. The van der Waals surface area contributed by atoms with Gasteiger partial charge in [-0.25, -0.2) is 4.98 Å². The predicted octanol–water partition coefficient (Wildman–Crippen LogP) is 1.64. The fraction of sp³-hybridized carbons (Fsp3) is 0.700. The first-order valence-electron chi connectivity index (χ1n) is 5.16. The van der Waals surface area contributed by atoms with Gasteiger partial charge in [-0.05, 0) is 19.3 Å². The maximum absolute atomic E-state index is 5.82. The van der Waals surface area contributed by atoms with Gasteiger partial charge in [0, 0.05) is 17.8 Å². The fourth-order valence-electron chi connectivity index (χ4n) is 2.54. The van der Waals surface area contributed by atoms with Gasteiger partial charge >= 0.3 is 0 Å². The molecular weight excluding hydrogens is 196 g/mol. The first-order chi connectivity index (χ1) is 6.86. The number of thiazole rings is 1. The largest absolute Gasteiger partial charge is 0.374 e. The van der Waals surface area contributed by atoms with Crippen molar-refractivity contribution in [3.05, 3.63) is 16.1 Å². The van der Waals surface area contributed by atoms with E-state index in [2.05, 4.69) is 10.4 Å². The number of aromatic nitrogens is 1. The topological polar surface area (TPSA) is 48.1 Å². The molecule has 2 aliphatic rings. The summed E-state index contributed by atoms with van der Waals surface area (Å²) in [6, 6.07) is 0. The number of fused-ring (bicyclic) bond motifs is 2. The molecular formula is C10H14N2OS. The summed E-state index contributed by atoms with van der Waals surface area (Å²) in [6.45, 7) is 0.562. The summed E-state index contributed by atoms with van der Waals surface area (Å²) in [4.78, 5) is 4.54. The first kappa shape index (κ1) is 8.83. The average Bonchev–Trinajstić information content (AvgIpc) is 2.93. The third kappa shape index (κ3) is 1.29. The van der Waals surface area contributed by atoms with Gasteiger partial charge in [0.05, 0.1) is 17.9 Å². The summed E-state index contributed by atoms with van der Waals surface area (Å²) in [6.07, 6.45) is 4.57. The second-order valence-electron chi connectivity index (χ2n) is 4.09. The van der Waals surface area contributed by atoms with Gasteiger partial charge in [-0.3, -0.25) is 0 Å². The van der Waals surface area contributed by atoms with E-state index >= 15 is 0 Å². The summed E-state index contributed by atoms with van der Waals surface area (Å²) in [7, 11) is 0. The zero-order chi connectivity index (χ0) is 9.54. The molecule has 3 nitrogen and oxygen atoms in total. The Balaban J connectivity index is 1.82. The van der Waals surface area contributed by atoms with E-state index in [1.54, 1.807) is 11.3 Å². The van der Waals surface area contributed by atoms with Crippen LogP contribution in [0.4, 0.5) is 0 Å². The Morgan fingerprint density at radius 1 is 1.57 bits per heavy atom. The molecule has 2 fully saturated rings. The van der Waals surface area contributed by atoms with Gasteiger partial charge < -0.3 is 10.5 Å². The SMILES string of the molecule is NCc1nc(C2CC3CCC2O3)cs1. The van der Waals surface area contributed by atoms with Crippen LogP contribution in [0.15, 0.2) is 5.38 Å². The molecule has 0 aliphatic carbocycles. The van der Waals surface area contributed by atoms with Gasteiger partial charge in [0.15, 0.2) is 0 Å². The Labute approximate surface area is 87.3 Å². The molecule has 3 unspecified atom stereocenters. The van der Waals surface area contributed by atoms with Crippen LogP contribution in [0.5, 0.6) is 0 Å². The standard InChI is InChI=1S/C10H14N2OS/c11-4-10-12-8(5-14-10)7-3-6-1-2-9(7)13-6/h5-7,9H,1-4,11H2. The van der Waals surface area contributed by atoms with Crippen molar-refractivity contribution in [1.29, 1.82) is 0 Å². The van der Waals surface area contributed by atoms with E-state index < -0.39 is 0 Å². The quantitative estimate of drug-likeness (QED) is 0.807. The molecule has 0 radical (unpaired) electrons. The number of nitrogens with two attached hydrogens (primary N) is 1. The van der Waals surface area contributed by atoms with Crippen LogP contribution in [0, 0.1) is 0 Å². The molecule has 2 aliphatic heterocycles. The molecule has 3 heterocycles. The van der Waals surface area contributed by atoms with Gasteiger partial charge in [0.25, 0.3) is 0 Å². The highest BCUT2D eigenvalue weighted by molar-refractivity contribution is 7.09. The molecule has 2 bridgehead atoms. The maximum Gasteiger partial charge on any atom is 0.106 e. The zero-order valence-electron chi connectivity index (χ0n) is 7.98. The zero-order valence-corrected chi connectivity index (χ0v) is 8.80. The second kappa shape index (κ2) is 3.29. The molecule has 0 aromatic carbocycles. The molecule has 0 saturated carbocycles. The van der Waals surface area contributed by atoms with Gasteiger partial charge in [0.2, 0.25) is 0 Å². The van der Waals surface area contributed by atoms with Crippen molar-refractivity contribution in [2.75, 3.05) is 0 Å². The Morgan fingerprint density at radius 2 is 2.50 bits per heavy atom. The lowest BCUT2D eigenvalue weighted by Gasteiger charge is -2.15. The van der Waals surface area contributed by atoms with Crippen molar-refractivity contribution in [2.24, 2.45) is 5.73 Å². The van der Waals surface area contributed by atoms with E-state index in [1.165, 1.54) is 25.0 Å². The molecule has 1 aromatic heterocycles. The fourth-order valence-corrected chi connectivity index (χ4v) is 3.28. The van der Waals surface area contributed by atoms with Crippen molar-refractivity contribution in [3.8, 4) is 0 Å². The van der Waals surface area contributed by atoms with Crippen LogP contribution in [0.3, 0.4) is 0 Å². The number of ether oxygens (including phenoxy) is 1. The van der Waals surface area contributed by atoms with Crippen LogP contribution < -0.4 is 5.73 Å². The van der Waals surface area contributed by atoms with E-state index in [1.807, 2.05) is 0 Å². The van der Waals surface area contributed by atoms with Crippen LogP contribution >= 0.6 is 11.3 Å². The van der Waals surface area contributed by atoms with E-state index in [4.69, 9.17) is 10.5 Å². The second-order valence-corrected chi connectivity index (χ2v) is 5.03. The van der Waals surface area contributed by atoms with Crippen molar-refractivity contribution in [1.82, 2.24) is 4.98 Å². The summed E-state index contributed by atoms with van der Waals surface area (Å²) in [5.74, 6) is 0.547. The van der Waals surface area contributed by atoms with Crippen molar-refractivity contribution in [2.45, 2.75) is 43.9 Å². The van der Waals surface area contributed by atoms with Crippen molar-refractivity contribution in [3.63, 3.8) is 0 Å². The summed E-state index contributed by atoms with van der Waals surface area (Å²) in [5.41, 5.74) is 6.77. The van der Waals surface area contributed by atoms with E-state index in [-0.39, 0.29) is 0 Å². The minimum absolute atomic E-state index is 0.438. The molecule has 2 N–H and O–H groups in total. The predicted molar refractivity (Wildman–Crippen MR) is 55.3 cm³/mol. The third-order valence-corrected chi connectivity index (χ3v) is 4.12.